The highest BCUT2D eigenvalue weighted by Gasteiger charge is 2.24. The predicted octanol–water partition coefficient (Wildman–Crippen LogP) is 3.90. The van der Waals surface area contributed by atoms with Crippen LogP contribution in [0.3, 0.4) is 0 Å². The van der Waals surface area contributed by atoms with E-state index in [0.717, 1.165) is 30.0 Å². The quantitative estimate of drug-likeness (QED) is 0.568. The summed E-state index contributed by atoms with van der Waals surface area (Å²) < 4.78 is 13.2. The van der Waals surface area contributed by atoms with E-state index in [-0.39, 0.29) is 23.8 Å². The van der Waals surface area contributed by atoms with Crippen molar-refractivity contribution in [3.63, 3.8) is 0 Å². The van der Waals surface area contributed by atoms with Gasteiger partial charge in [-0.1, -0.05) is 30.8 Å². The monoisotopic (exact) mass is 387 g/mol. The minimum Gasteiger partial charge on any atom is -0.317 e. The number of nitrogens with one attached hydrogen (secondary N) is 1. The summed E-state index contributed by atoms with van der Waals surface area (Å²) in [4.78, 5) is 37.0. The summed E-state index contributed by atoms with van der Waals surface area (Å²) in [5.41, 5.74) is 2.20. The van der Waals surface area contributed by atoms with Crippen LogP contribution >= 0.6 is 0 Å². The van der Waals surface area contributed by atoms with Gasteiger partial charge in [0.1, 0.15) is 6.17 Å². The molecule has 0 aliphatic heterocycles. The fourth-order valence-electron chi connectivity index (χ4n) is 3.95. The Morgan fingerprint density at radius 2 is 1.96 bits per heavy atom. The number of alkyl halides is 1. The smallest absolute Gasteiger partial charge is 0.317 e. The number of fused-ring (bicyclic) bond motifs is 1. The third-order valence-electron chi connectivity index (χ3n) is 5.73. The lowest BCUT2D eigenvalue weighted by Gasteiger charge is -2.17. The molecular weight excluding hydrogens is 361 g/mol. The fourth-order valence-corrected chi connectivity index (χ4v) is 3.95. The first-order valence-corrected chi connectivity index (χ1v) is 10.3. The van der Waals surface area contributed by atoms with Crippen LogP contribution in [-0.4, -0.2) is 27.6 Å². The zero-order valence-corrected chi connectivity index (χ0v) is 16.0. The lowest BCUT2D eigenvalue weighted by Crippen LogP contribution is -2.23. The molecule has 3 aliphatic rings. The number of hydrogen-bond donors (Lipinski definition) is 1. The van der Waals surface area contributed by atoms with Crippen molar-refractivity contribution in [2.75, 3.05) is 0 Å². The van der Waals surface area contributed by atoms with Crippen LogP contribution < -0.4 is 10.4 Å². The molecule has 1 aromatic rings. The van der Waals surface area contributed by atoms with Gasteiger partial charge in [-0.3, -0.25) is 14.6 Å². The Kier molecular flexibility index (Phi) is 5.69. The second-order valence-corrected chi connectivity index (χ2v) is 8.12. The molecule has 0 atom stereocenters. The van der Waals surface area contributed by atoms with Gasteiger partial charge in [0, 0.05) is 0 Å². The summed E-state index contributed by atoms with van der Waals surface area (Å²) in [6, 6.07) is -0.0126. The molecule has 0 radical (unpaired) electrons. The van der Waals surface area contributed by atoms with Gasteiger partial charge >= 0.3 is 6.01 Å². The summed E-state index contributed by atoms with van der Waals surface area (Å²) in [5.74, 6) is 0.849. The Morgan fingerprint density at radius 3 is 2.71 bits per heavy atom. The van der Waals surface area contributed by atoms with Crippen molar-refractivity contribution in [2.45, 2.75) is 76.8 Å². The van der Waals surface area contributed by atoms with E-state index >= 15 is 0 Å². The highest BCUT2D eigenvalue weighted by Crippen LogP contribution is 2.35. The van der Waals surface area contributed by atoms with Crippen LogP contribution in [0, 0.1) is 5.92 Å². The second-order valence-electron chi connectivity index (χ2n) is 8.12. The molecule has 3 aliphatic carbocycles. The number of nitrogens with zero attached hydrogens (tertiary/aromatic N) is 2. The number of aromatic amines is 1. The van der Waals surface area contributed by atoms with Crippen molar-refractivity contribution in [1.82, 2.24) is 9.97 Å². The minimum absolute atomic E-state index is 0.0126. The molecule has 0 unspecified atom stereocenters. The lowest BCUT2D eigenvalue weighted by atomic mass is 9.91. The Hall–Kier alpha value is -2.31. The van der Waals surface area contributed by atoms with Gasteiger partial charge in [-0.15, -0.1) is 0 Å². The van der Waals surface area contributed by atoms with Crippen LogP contribution in [0.15, 0.2) is 16.0 Å². The minimum atomic E-state index is -0.777. The Bertz CT molecular complexity index is 860. The van der Waals surface area contributed by atoms with Crippen molar-refractivity contribution < 1.29 is 14.0 Å². The Morgan fingerprint density at radius 1 is 1.18 bits per heavy atom. The third-order valence-corrected chi connectivity index (χ3v) is 5.73. The van der Waals surface area contributed by atoms with Crippen molar-refractivity contribution in [2.24, 2.45) is 11.1 Å². The maximum Gasteiger partial charge on any atom is 0.326 e. The van der Waals surface area contributed by atoms with Gasteiger partial charge in [-0.25, -0.2) is 4.39 Å². The number of allylic oxidation sites excluding steroid dienone is 2. The number of H-pyrrole nitrogens is 1. The van der Waals surface area contributed by atoms with Gasteiger partial charge in [0.2, 0.25) is 0 Å². The van der Waals surface area contributed by atoms with Crippen LogP contribution in [0.5, 0.6) is 6.01 Å². The van der Waals surface area contributed by atoms with Crippen LogP contribution in [0.2, 0.25) is 0 Å². The number of carbonyl (C=O) groups excluding carboxylic acids is 1. The van der Waals surface area contributed by atoms with Gasteiger partial charge in [-0.2, -0.15) is 4.98 Å². The van der Waals surface area contributed by atoms with Crippen molar-refractivity contribution in [3.05, 3.63) is 27.7 Å². The highest BCUT2D eigenvalue weighted by molar-refractivity contribution is 6.01. The average Bonchev–Trinajstić information content (AvgIpc) is 3.48. The number of aromatic nitrogens is 2. The molecule has 0 aromatic carbocycles. The van der Waals surface area contributed by atoms with Crippen molar-refractivity contribution >= 4 is 17.1 Å². The van der Waals surface area contributed by atoms with E-state index in [9.17, 15) is 14.0 Å². The van der Waals surface area contributed by atoms with Gasteiger partial charge in [0.05, 0.1) is 23.4 Å². The van der Waals surface area contributed by atoms with Crippen LogP contribution in [-0.2, 0) is 11.2 Å². The van der Waals surface area contributed by atoms with Crippen LogP contribution in [0.4, 0.5) is 4.39 Å². The number of oxime groups is 1. The number of carbonyl (C=O) groups is 1. The molecule has 0 bridgehead atoms. The molecule has 0 amide bonds. The SMILES string of the molecule is O=C1C=C(CCCCC2CC2)c2c(nc(ON=C3CCC(F)CC3)[nH]c2=O)C1. The van der Waals surface area contributed by atoms with E-state index in [1.807, 2.05) is 0 Å². The molecule has 4 rings (SSSR count). The molecule has 2 fully saturated rings. The topological polar surface area (TPSA) is 84.4 Å². The van der Waals surface area contributed by atoms with E-state index in [1.165, 1.54) is 19.3 Å². The molecule has 0 saturated heterocycles. The molecule has 2 saturated carbocycles. The van der Waals surface area contributed by atoms with Gasteiger partial charge < -0.3 is 4.84 Å². The highest BCUT2D eigenvalue weighted by atomic mass is 19.1. The summed E-state index contributed by atoms with van der Waals surface area (Å²) in [6.45, 7) is 0. The standard InChI is InChI=1S/C21H26FN3O3/c22-15-7-9-16(10-8-15)25-28-21-23-18-12-17(26)11-14(19(18)20(27)24-21)4-2-1-3-13-5-6-13/h11,13,15H,1-10,12H2,(H,23,24,27). The number of hydrogen-bond acceptors (Lipinski definition) is 5. The first-order valence-electron chi connectivity index (χ1n) is 10.3. The number of rotatable bonds is 7. The van der Waals surface area contributed by atoms with Crippen LogP contribution in [0.25, 0.3) is 5.57 Å². The molecule has 0 spiro atoms. The maximum atomic E-state index is 13.2. The molecular formula is C21H26FN3O3. The van der Waals surface area contributed by atoms with E-state index in [4.69, 9.17) is 4.84 Å². The lowest BCUT2D eigenvalue weighted by molar-refractivity contribution is -0.114. The summed E-state index contributed by atoms with van der Waals surface area (Å²) in [5, 5.41) is 4.02. The van der Waals surface area contributed by atoms with E-state index in [1.54, 1.807) is 6.08 Å². The molecule has 150 valence electrons. The third kappa shape index (κ3) is 4.75. The molecule has 1 N–H and O–H groups in total. The Balaban J connectivity index is 1.45. The summed E-state index contributed by atoms with van der Waals surface area (Å²) in [6.07, 6.45) is 9.61. The Labute approximate surface area is 163 Å². The fraction of sp³-hybridized carbons (Fsp3) is 0.619. The van der Waals surface area contributed by atoms with Gasteiger partial charge in [-0.05, 0) is 56.1 Å². The number of ketones is 1. The average molecular weight is 387 g/mol. The summed E-state index contributed by atoms with van der Waals surface area (Å²) >= 11 is 0. The molecule has 6 nitrogen and oxygen atoms in total. The van der Waals surface area contributed by atoms with Crippen LogP contribution in [0.1, 0.15) is 75.5 Å². The number of halogens is 1. The van der Waals surface area contributed by atoms with E-state index < -0.39 is 6.17 Å². The second kappa shape index (κ2) is 8.37. The zero-order valence-electron chi connectivity index (χ0n) is 16.0. The first kappa shape index (κ1) is 19.0. The molecule has 1 aromatic heterocycles. The van der Waals surface area contributed by atoms with Gasteiger partial charge in [0.15, 0.2) is 5.78 Å². The molecule has 7 heteroatoms. The normalized spacial score (nSPS) is 21.9. The molecule has 28 heavy (non-hydrogen) atoms. The summed E-state index contributed by atoms with van der Waals surface area (Å²) in [7, 11) is 0. The van der Waals surface area contributed by atoms with Crippen molar-refractivity contribution in [1.29, 1.82) is 0 Å². The van der Waals surface area contributed by atoms with E-state index in [0.29, 0.717) is 43.4 Å². The predicted molar refractivity (Wildman–Crippen MR) is 104 cm³/mol. The van der Waals surface area contributed by atoms with Gasteiger partial charge in [0.25, 0.3) is 5.56 Å². The maximum absolute atomic E-state index is 13.2. The molecule has 1 heterocycles. The van der Waals surface area contributed by atoms with Crippen molar-refractivity contribution in [3.8, 4) is 6.01 Å². The first-order chi connectivity index (χ1) is 13.6. The number of unbranched alkanes of at least 4 members (excludes halogenated alkanes) is 1. The largest absolute Gasteiger partial charge is 0.326 e. The van der Waals surface area contributed by atoms with E-state index in [2.05, 4.69) is 15.1 Å². The zero-order chi connectivity index (χ0) is 19.5.